The Morgan fingerprint density at radius 1 is 0.562 bits per heavy atom. The van der Waals surface area contributed by atoms with Gasteiger partial charge in [0.25, 0.3) is 0 Å². The molecule has 0 radical (unpaired) electrons. The van der Waals surface area contributed by atoms with Gasteiger partial charge in [-0.3, -0.25) is 0 Å². The topological polar surface area (TPSA) is 20.2 Å². The molecule has 1 rings (SSSR count). The SMILES string of the molecule is CCCCCCCCCCCCSC(CCCCCCCCCCC)c1ccc(O)cc1. The van der Waals surface area contributed by atoms with Gasteiger partial charge in [-0.05, 0) is 36.3 Å². The fourth-order valence-electron chi connectivity index (χ4n) is 4.49. The van der Waals surface area contributed by atoms with Crippen molar-refractivity contribution in [2.75, 3.05) is 5.75 Å². The van der Waals surface area contributed by atoms with Crippen LogP contribution in [0.15, 0.2) is 24.3 Å². The zero-order valence-corrected chi connectivity index (χ0v) is 22.4. The van der Waals surface area contributed by atoms with Crippen LogP contribution < -0.4 is 0 Å². The third kappa shape index (κ3) is 16.9. The Bertz CT molecular complexity index is 498. The summed E-state index contributed by atoms with van der Waals surface area (Å²) in [5.74, 6) is 1.66. The van der Waals surface area contributed by atoms with Gasteiger partial charge in [-0.1, -0.05) is 142 Å². The summed E-state index contributed by atoms with van der Waals surface area (Å²) in [5, 5.41) is 10.3. The van der Waals surface area contributed by atoms with E-state index in [0.29, 0.717) is 11.0 Å². The lowest BCUT2D eigenvalue weighted by atomic mass is 10.0. The van der Waals surface area contributed by atoms with E-state index in [4.69, 9.17) is 0 Å². The largest absolute Gasteiger partial charge is 0.508 e. The first-order valence-corrected chi connectivity index (χ1v) is 15.2. The quantitative estimate of drug-likeness (QED) is 0.163. The summed E-state index contributed by atoms with van der Waals surface area (Å²) in [4.78, 5) is 0. The summed E-state index contributed by atoms with van der Waals surface area (Å²) in [6.07, 6.45) is 27.9. The van der Waals surface area contributed by atoms with Gasteiger partial charge in [0.15, 0.2) is 0 Å². The lowest BCUT2D eigenvalue weighted by molar-refractivity contribution is 0.475. The second-order valence-electron chi connectivity index (χ2n) is 9.75. The van der Waals surface area contributed by atoms with Crippen LogP contribution in [0.3, 0.4) is 0 Å². The summed E-state index contributed by atoms with van der Waals surface area (Å²) in [6.45, 7) is 4.58. The van der Waals surface area contributed by atoms with Crippen molar-refractivity contribution in [3.05, 3.63) is 29.8 Å². The highest BCUT2D eigenvalue weighted by molar-refractivity contribution is 7.99. The highest BCUT2D eigenvalue weighted by atomic mass is 32.2. The molecule has 0 aliphatic heterocycles. The van der Waals surface area contributed by atoms with Crippen LogP contribution in [0.4, 0.5) is 0 Å². The van der Waals surface area contributed by atoms with Gasteiger partial charge in [0, 0.05) is 5.25 Å². The molecule has 0 spiro atoms. The lowest BCUT2D eigenvalue weighted by Gasteiger charge is -2.17. The molecule has 186 valence electrons. The van der Waals surface area contributed by atoms with Crippen molar-refractivity contribution in [1.29, 1.82) is 0 Å². The van der Waals surface area contributed by atoms with Crippen LogP contribution in [0.2, 0.25) is 0 Å². The Hall–Kier alpha value is -0.630. The van der Waals surface area contributed by atoms with Crippen molar-refractivity contribution in [2.24, 2.45) is 0 Å². The molecule has 0 saturated heterocycles. The summed E-state index contributed by atoms with van der Waals surface area (Å²) in [7, 11) is 0. The Morgan fingerprint density at radius 3 is 1.44 bits per heavy atom. The van der Waals surface area contributed by atoms with Crippen LogP contribution in [0.25, 0.3) is 0 Å². The second kappa shape index (κ2) is 22.2. The maximum absolute atomic E-state index is 9.66. The minimum atomic E-state index is 0.385. The van der Waals surface area contributed by atoms with Crippen molar-refractivity contribution in [3.63, 3.8) is 0 Å². The number of hydrogen-bond donors (Lipinski definition) is 1. The van der Waals surface area contributed by atoms with E-state index in [1.807, 2.05) is 12.1 Å². The molecule has 0 aliphatic carbocycles. The summed E-state index contributed by atoms with van der Waals surface area (Å²) in [6, 6.07) is 8.00. The van der Waals surface area contributed by atoms with E-state index in [1.165, 1.54) is 140 Å². The molecule has 0 heterocycles. The molecule has 0 saturated carbocycles. The van der Waals surface area contributed by atoms with E-state index < -0.39 is 0 Å². The molecule has 1 N–H and O–H groups in total. The molecule has 32 heavy (non-hydrogen) atoms. The Morgan fingerprint density at radius 2 is 0.969 bits per heavy atom. The minimum Gasteiger partial charge on any atom is -0.508 e. The molecule has 0 bridgehead atoms. The summed E-state index contributed by atoms with van der Waals surface area (Å²) >= 11 is 2.15. The molecule has 1 aromatic rings. The molecular formula is C30H54OS. The van der Waals surface area contributed by atoms with Crippen molar-refractivity contribution >= 4 is 11.8 Å². The Kier molecular flexibility index (Phi) is 20.4. The minimum absolute atomic E-state index is 0.385. The van der Waals surface area contributed by atoms with Gasteiger partial charge in [0.1, 0.15) is 5.75 Å². The highest BCUT2D eigenvalue weighted by Gasteiger charge is 2.12. The molecule has 2 heteroatoms. The van der Waals surface area contributed by atoms with Gasteiger partial charge in [-0.2, -0.15) is 11.8 Å². The molecule has 0 aliphatic rings. The number of hydrogen-bond acceptors (Lipinski definition) is 2. The van der Waals surface area contributed by atoms with Gasteiger partial charge < -0.3 is 5.11 Å². The van der Waals surface area contributed by atoms with Crippen LogP contribution in [-0.2, 0) is 0 Å². The smallest absolute Gasteiger partial charge is 0.115 e. The van der Waals surface area contributed by atoms with Gasteiger partial charge in [0.2, 0.25) is 0 Å². The predicted molar refractivity (Wildman–Crippen MR) is 147 cm³/mol. The number of phenols is 1. The number of phenolic OH excluding ortho intramolecular Hbond substituents is 1. The highest BCUT2D eigenvalue weighted by Crippen LogP contribution is 2.35. The van der Waals surface area contributed by atoms with Crippen molar-refractivity contribution in [3.8, 4) is 5.75 Å². The van der Waals surface area contributed by atoms with Crippen LogP contribution in [-0.4, -0.2) is 10.9 Å². The van der Waals surface area contributed by atoms with Crippen molar-refractivity contribution in [1.82, 2.24) is 0 Å². The third-order valence-electron chi connectivity index (χ3n) is 6.65. The van der Waals surface area contributed by atoms with Crippen molar-refractivity contribution < 1.29 is 5.11 Å². The third-order valence-corrected chi connectivity index (χ3v) is 8.09. The molecule has 1 nitrogen and oxygen atoms in total. The zero-order chi connectivity index (χ0) is 23.1. The monoisotopic (exact) mass is 462 g/mol. The number of benzene rings is 1. The maximum Gasteiger partial charge on any atom is 0.115 e. The van der Waals surface area contributed by atoms with Crippen LogP contribution >= 0.6 is 11.8 Å². The average molecular weight is 463 g/mol. The predicted octanol–water partition coefficient (Wildman–Crippen LogP) is 11.0. The van der Waals surface area contributed by atoms with Gasteiger partial charge in [-0.25, -0.2) is 0 Å². The second-order valence-corrected chi connectivity index (χ2v) is 11.1. The fraction of sp³-hybridized carbons (Fsp3) is 0.800. The zero-order valence-electron chi connectivity index (χ0n) is 21.6. The lowest BCUT2D eigenvalue weighted by Crippen LogP contribution is -1.97. The van der Waals surface area contributed by atoms with Gasteiger partial charge in [0.05, 0.1) is 0 Å². The number of unbranched alkanes of at least 4 members (excludes halogenated alkanes) is 17. The van der Waals surface area contributed by atoms with E-state index in [1.54, 1.807) is 0 Å². The molecule has 1 unspecified atom stereocenters. The fourth-order valence-corrected chi connectivity index (χ4v) is 5.83. The van der Waals surface area contributed by atoms with Crippen LogP contribution in [0, 0.1) is 0 Å². The van der Waals surface area contributed by atoms with Crippen LogP contribution in [0.5, 0.6) is 5.75 Å². The molecule has 0 aromatic heterocycles. The molecular weight excluding hydrogens is 408 g/mol. The normalized spacial score (nSPS) is 12.3. The number of thioether (sulfide) groups is 1. The molecule has 1 aromatic carbocycles. The van der Waals surface area contributed by atoms with Gasteiger partial charge >= 0.3 is 0 Å². The first-order valence-electron chi connectivity index (χ1n) is 14.2. The Labute approximate surface area is 205 Å². The van der Waals surface area contributed by atoms with Crippen molar-refractivity contribution in [2.45, 2.75) is 148 Å². The van der Waals surface area contributed by atoms with Crippen LogP contribution in [0.1, 0.15) is 153 Å². The van der Waals surface area contributed by atoms with E-state index >= 15 is 0 Å². The van der Waals surface area contributed by atoms with Gasteiger partial charge in [-0.15, -0.1) is 0 Å². The van der Waals surface area contributed by atoms with E-state index in [9.17, 15) is 5.11 Å². The Balaban J connectivity index is 2.16. The van der Waals surface area contributed by atoms with E-state index in [2.05, 4.69) is 37.7 Å². The molecule has 1 atom stereocenters. The number of rotatable bonds is 23. The number of aromatic hydroxyl groups is 1. The first kappa shape index (κ1) is 29.4. The molecule has 0 amide bonds. The summed E-state index contributed by atoms with van der Waals surface area (Å²) in [5.41, 5.74) is 1.40. The summed E-state index contributed by atoms with van der Waals surface area (Å²) < 4.78 is 0. The maximum atomic E-state index is 9.66. The average Bonchev–Trinajstić information content (AvgIpc) is 2.80. The first-order chi connectivity index (χ1) is 15.8. The standard InChI is InChI=1S/C30H54OS/c1-3-5-7-9-11-13-15-17-19-21-27-32-30(28-23-25-29(31)26-24-28)22-20-18-16-14-12-10-8-6-4-2/h23-26,30-31H,3-22,27H2,1-2H3. The van der Waals surface area contributed by atoms with E-state index in [-0.39, 0.29) is 0 Å². The van der Waals surface area contributed by atoms with E-state index in [0.717, 1.165) is 0 Å². The molecule has 0 fully saturated rings.